The quantitative estimate of drug-likeness (QED) is 0.344. The van der Waals surface area contributed by atoms with Gasteiger partial charge < -0.3 is 10.1 Å². The molecule has 1 unspecified atom stereocenters. The monoisotopic (exact) mass is 314 g/mol. The lowest BCUT2D eigenvalue weighted by Gasteiger charge is -2.14. The van der Waals surface area contributed by atoms with E-state index in [0.29, 0.717) is 12.6 Å². The number of benzene rings is 1. The van der Waals surface area contributed by atoms with Gasteiger partial charge in [-0.1, -0.05) is 15.9 Å². The van der Waals surface area contributed by atoms with Gasteiger partial charge in [-0.25, -0.2) is 10.8 Å². The third-order valence-electron chi connectivity index (χ3n) is 2.34. The van der Waals surface area contributed by atoms with Crippen LogP contribution in [0, 0.1) is 6.92 Å². The van der Waals surface area contributed by atoms with Gasteiger partial charge in [0.2, 0.25) is 5.96 Å². The predicted molar refractivity (Wildman–Crippen MR) is 78.6 cm³/mol. The number of hydrogen-bond donors (Lipinski definition) is 3. The molecule has 0 saturated heterocycles. The summed E-state index contributed by atoms with van der Waals surface area (Å²) in [7, 11) is 1.65. The molecule has 0 aliphatic carbocycles. The van der Waals surface area contributed by atoms with E-state index in [4.69, 9.17) is 10.6 Å². The zero-order valence-electron chi connectivity index (χ0n) is 10.8. The molecule has 1 aromatic carbocycles. The second-order valence-electron chi connectivity index (χ2n) is 4.01. The first-order valence-electron chi connectivity index (χ1n) is 5.63. The van der Waals surface area contributed by atoms with Gasteiger partial charge in [0.05, 0.1) is 12.6 Å². The number of aliphatic imine (C=N–C) groups is 1. The summed E-state index contributed by atoms with van der Waals surface area (Å²) in [6.07, 6.45) is 0. The number of rotatable bonds is 4. The maximum atomic E-state index is 5.45. The zero-order valence-corrected chi connectivity index (χ0v) is 12.4. The van der Waals surface area contributed by atoms with Gasteiger partial charge >= 0.3 is 0 Å². The summed E-state index contributed by atoms with van der Waals surface area (Å²) in [4.78, 5) is 4.38. The van der Waals surface area contributed by atoms with E-state index in [-0.39, 0.29) is 6.04 Å². The average molecular weight is 315 g/mol. The molecule has 6 heteroatoms. The van der Waals surface area contributed by atoms with Crippen molar-refractivity contribution in [2.24, 2.45) is 10.8 Å². The van der Waals surface area contributed by atoms with Crippen molar-refractivity contribution in [2.45, 2.75) is 19.9 Å². The lowest BCUT2D eigenvalue weighted by molar-refractivity contribution is 0.185. The topological polar surface area (TPSA) is 71.7 Å². The predicted octanol–water partition coefficient (Wildman–Crippen LogP) is 2.02. The van der Waals surface area contributed by atoms with Crippen molar-refractivity contribution in [1.82, 2.24) is 5.43 Å². The summed E-state index contributed by atoms with van der Waals surface area (Å²) in [6.45, 7) is 4.52. The van der Waals surface area contributed by atoms with E-state index < -0.39 is 0 Å². The van der Waals surface area contributed by atoms with Crippen LogP contribution in [0.25, 0.3) is 0 Å². The van der Waals surface area contributed by atoms with Crippen LogP contribution >= 0.6 is 15.9 Å². The fourth-order valence-corrected chi connectivity index (χ4v) is 1.97. The van der Waals surface area contributed by atoms with Crippen molar-refractivity contribution < 1.29 is 4.74 Å². The summed E-state index contributed by atoms with van der Waals surface area (Å²) in [5, 5.41) is 3.15. The van der Waals surface area contributed by atoms with Crippen LogP contribution in [0.5, 0.6) is 0 Å². The Labute approximate surface area is 116 Å². The molecule has 1 atom stereocenters. The van der Waals surface area contributed by atoms with Gasteiger partial charge in [-0.3, -0.25) is 5.43 Å². The van der Waals surface area contributed by atoms with Crippen molar-refractivity contribution in [1.29, 1.82) is 0 Å². The summed E-state index contributed by atoms with van der Waals surface area (Å²) in [5.41, 5.74) is 4.61. The third-order valence-corrected chi connectivity index (χ3v) is 2.83. The second-order valence-corrected chi connectivity index (χ2v) is 4.93. The molecule has 0 radical (unpaired) electrons. The first-order chi connectivity index (χ1) is 8.56. The molecule has 0 heterocycles. The molecule has 0 aromatic heterocycles. The highest BCUT2D eigenvalue weighted by atomic mass is 79.9. The Morgan fingerprint density at radius 2 is 2.28 bits per heavy atom. The molecule has 0 fully saturated rings. The summed E-state index contributed by atoms with van der Waals surface area (Å²) in [5.74, 6) is 5.97. The lowest BCUT2D eigenvalue weighted by atomic mass is 10.2. The molecule has 0 bridgehead atoms. The Hall–Kier alpha value is -1.11. The van der Waals surface area contributed by atoms with Gasteiger partial charge in [-0.05, 0) is 37.6 Å². The maximum Gasteiger partial charge on any atom is 0.210 e. The first kappa shape index (κ1) is 14.9. The number of nitrogens with two attached hydrogens (primary N) is 1. The SMILES string of the molecule is COCC(C)N=C(NN)Nc1ccc(Br)cc1C. The average Bonchev–Trinajstić information content (AvgIpc) is 2.31. The van der Waals surface area contributed by atoms with Gasteiger partial charge in [0, 0.05) is 17.3 Å². The molecule has 1 rings (SSSR count). The van der Waals surface area contributed by atoms with Crippen LogP contribution in [0.15, 0.2) is 27.7 Å². The van der Waals surface area contributed by atoms with Crippen LogP contribution in [0.3, 0.4) is 0 Å². The summed E-state index contributed by atoms with van der Waals surface area (Å²) >= 11 is 3.43. The smallest absolute Gasteiger partial charge is 0.210 e. The number of hydrogen-bond acceptors (Lipinski definition) is 3. The molecular formula is C12H19BrN4O. The standard InChI is InChI=1S/C12H19BrN4O/c1-8-6-10(13)4-5-11(8)16-12(17-14)15-9(2)7-18-3/h4-6,9H,7,14H2,1-3H3,(H2,15,16,17). The van der Waals surface area contributed by atoms with Crippen molar-refractivity contribution in [3.8, 4) is 0 Å². The van der Waals surface area contributed by atoms with Gasteiger partial charge in [0.1, 0.15) is 0 Å². The van der Waals surface area contributed by atoms with E-state index in [9.17, 15) is 0 Å². The first-order valence-corrected chi connectivity index (χ1v) is 6.42. The van der Waals surface area contributed by atoms with E-state index in [0.717, 1.165) is 15.7 Å². The molecule has 100 valence electrons. The fourth-order valence-electron chi connectivity index (χ4n) is 1.50. The molecule has 4 N–H and O–H groups in total. The number of aryl methyl sites for hydroxylation is 1. The molecule has 0 aliphatic rings. The number of nitrogens with one attached hydrogen (secondary N) is 2. The van der Waals surface area contributed by atoms with E-state index in [1.54, 1.807) is 7.11 Å². The van der Waals surface area contributed by atoms with Crippen LogP contribution in [0.4, 0.5) is 5.69 Å². The van der Waals surface area contributed by atoms with Crippen molar-refractivity contribution in [2.75, 3.05) is 19.0 Å². The van der Waals surface area contributed by atoms with Crippen LogP contribution < -0.4 is 16.6 Å². The number of methoxy groups -OCH3 is 1. The molecular weight excluding hydrogens is 296 g/mol. The Kier molecular flexibility index (Phi) is 6.11. The normalized spacial score (nSPS) is 13.3. The number of nitrogens with zero attached hydrogens (tertiary/aromatic N) is 1. The molecule has 5 nitrogen and oxygen atoms in total. The van der Waals surface area contributed by atoms with Gasteiger partial charge in [-0.2, -0.15) is 0 Å². The number of halogens is 1. The van der Waals surface area contributed by atoms with Crippen LogP contribution in [-0.2, 0) is 4.74 Å². The maximum absolute atomic E-state index is 5.45. The molecule has 0 spiro atoms. The van der Waals surface area contributed by atoms with Crippen LogP contribution in [0.2, 0.25) is 0 Å². The Bertz CT molecular complexity index is 423. The van der Waals surface area contributed by atoms with Gasteiger partial charge in [-0.15, -0.1) is 0 Å². The fraction of sp³-hybridized carbons (Fsp3) is 0.417. The van der Waals surface area contributed by atoms with Gasteiger partial charge in [0.25, 0.3) is 0 Å². The highest BCUT2D eigenvalue weighted by molar-refractivity contribution is 9.10. The second kappa shape index (κ2) is 7.35. The largest absolute Gasteiger partial charge is 0.382 e. The van der Waals surface area contributed by atoms with Crippen LogP contribution in [0.1, 0.15) is 12.5 Å². The number of anilines is 1. The van der Waals surface area contributed by atoms with E-state index in [1.165, 1.54) is 0 Å². The summed E-state index contributed by atoms with van der Waals surface area (Å²) in [6, 6.07) is 5.98. The minimum absolute atomic E-state index is 0.0318. The van der Waals surface area contributed by atoms with Crippen molar-refractivity contribution in [3.63, 3.8) is 0 Å². The molecule has 0 amide bonds. The Balaban J connectivity index is 2.79. The lowest BCUT2D eigenvalue weighted by Crippen LogP contribution is -2.37. The van der Waals surface area contributed by atoms with E-state index in [2.05, 4.69) is 31.7 Å². The Morgan fingerprint density at radius 1 is 1.56 bits per heavy atom. The summed E-state index contributed by atoms with van der Waals surface area (Å²) < 4.78 is 6.07. The van der Waals surface area contributed by atoms with Crippen molar-refractivity contribution in [3.05, 3.63) is 28.2 Å². The number of guanidine groups is 1. The molecule has 0 aliphatic heterocycles. The molecule has 0 saturated carbocycles. The minimum Gasteiger partial charge on any atom is -0.382 e. The number of ether oxygens (including phenoxy) is 1. The highest BCUT2D eigenvalue weighted by Crippen LogP contribution is 2.19. The third kappa shape index (κ3) is 4.64. The molecule has 1 aromatic rings. The minimum atomic E-state index is 0.0318. The number of hydrazine groups is 1. The molecule has 18 heavy (non-hydrogen) atoms. The Morgan fingerprint density at radius 3 is 2.83 bits per heavy atom. The van der Waals surface area contributed by atoms with Gasteiger partial charge in [0.15, 0.2) is 0 Å². The van der Waals surface area contributed by atoms with Crippen molar-refractivity contribution >= 4 is 27.6 Å². The van der Waals surface area contributed by atoms with E-state index >= 15 is 0 Å². The van der Waals surface area contributed by atoms with Crippen LogP contribution in [-0.4, -0.2) is 25.7 Å². The van der Waals surface area contributed by atoms with E-state index in [1.807, 2.05) is 32.0 Å². The zero-order chi connectivity index (χ0) is 13.5. The highest BCUT2D eigenvalue weighted by Gasteiger charge is 2.05.